The molecule has 1 unspecified atom stereocenters. The van der Waals surface area contributed by atoms with Crippen LogP contribution in [0, 0.1) is 5.92 Å². The number of carbonyl (C=O) groups is 1. The summed E-state index contributed by atoms with van der Waals surface area (Å²) in [4.78, 5) is 17.1. The fourth-order valence-corrected chi connectivity index (χ4v) is 3.49. The molecule has 2 amide bonds. The number of rotatable bonds is 9. The monoisotopic (exact) mass is 376 g/mol. The van der Waals surface area contributed by atoms with Crippen LogP contribution in [0.4, 0.5) is 4.79 Å². The summed E-state index contributed by atoms with van der Waals surface area (Å²) in [6, 6.07) is 8.14. The maximum absolute atomic E-state index is 12.2. The maximum Gasteiger partial charge on any atom is 0.314 e. The zero-order valence-electron chi connectivity index (χ0n) is 17.3. The Balaban J connectivity index is 2.03. The zero-order chi connectivity index (χ0) is 19.6. The molecule has 1 aliphatic heterocycles. The van der Waals surface area contributed by atoms with Gasteiger partial charge in [0.15, 0.2) is 0 Å². The number of carbonyl (C=O) groups excluding carboxylic acids is 1. The van der Waals surface area contributed by atoms with Crippen molar-refractivity contribution in [3.05, 3.63) is 29.8 Å². The SMILES string of the molecule is CCN1CCN(C(CNC(=O)NCCC(C)C)c2ccccc2OC)CC1. The van der Waals surface area contributed by atoms with Crippen LogP contribution in [0.1, 0.15) is 38.8 Å². The van der Waals surface area contributed by atoms with Gasteiger partial charge in [0.05, 0.1) is 13.2 Å². The largest absolute Gasteiger partial charge is 0.496 e. The number of amides is 2. The van der Waals surface area contributed by atoms with Gasteiger partial charge >= 0.3 is 6.03 Å². The molecule has 1 aromatic carbocycles. The Kier molecular flexibility index (Phi) is 8.88. The molecular formula is C21H36N4O2. The number of benzene rings is 1. The highest BCUT2D eigenvalue weighted by atomic mass is 16.5. The van der Waals surface area contributed by atoms with Gasteiger partial charge in [-0.25, -0.2) is 4.79 Å². The van der Waals surface area contributed by atoms with Crippen LogP contribution in [0.5, 0.6) is 5.75 Å². The van der Waals surface area contributed by atoms with Crippen molar-refractivity contribution in [1.29, 1.82) is 0 Å². The van der Waals surface area contributed by atoms with Crippen LogP contribution < -0.4 is 15.4 Å². The van der Waals surface area contributed by atoms with Gasteiger partial charge in [0.1, 0.15) is 5.75 Å². The number of hydrogen-bond donors (Lipinski definition) is 2. The van der Waals surface area contributed by atoms with E-state index in [-0.39, 0.29) is 12.1 Å². The van der Waals surface area contributed by atoms with Gasteiger partial charge in [-0.15, -0.1) is 0 Å². The minimum Gasteiger partial charge on any atom is -0.496 e. The maximum atomic E-state index is 12.2. The van der Waals surface area contributed by atoms with Gasteiger partial charge in [-0.05, 0) is 24.9 Å². The van der Waals surface area contributed by atoms with Gasteiger partial charge in [-0.1, -0.05) is 39.0 Å². The van der Waals surface area contributed by atoms with E-state index in [2.05, 4.69) is 47.3 Å². The lowest BCUT2D eigenvalue weighted by Gasteiger charge is -2.39. The normalized spacial score (nSPS) is 16.9. The highest BCUT2D eigenvalue weighted by molar-refractivity contribution is 5.73. The summed E-state index contributed by atoms with van der Waals surface area (Å²) < 4.78 is 5.59. The summed E-state index contributed by atoms with van der Waals surface area (Å²) in [5, 5.41) is 6.03. The topological polar surface area (TPSA) is 56.8 Å². The highest BCUT2D eigenvalue weighted by Gasteiger charge is 2.27. The van der Waals surface area contributed by atoms with Crippen molar-refractivity contribution in [2.24, 2.45) is 5.92 Å². The first-order valence-electron chi connectivity index (χ1n) is 10.2. The molecule has 2 N–H and O–H groups in total. The minimum atomic E-state index is -0.0947. The Morgan fingerprint density at radius 1 is 1.15 bits per heavy atom. The first-order valence-corrected chi connectivity index (χ1v) is 10.2. The van der Waals surface area contributed by atoms with Crippen LogP contribution in [0.2, 0.25) is 0 Å². The number of nitrogens with one attached hydrogen (secondary N) is 2. The molecule has 0 bridgehead atoms. The summed E-state index contributed by atoms with van der Waals surface area (Å²) in [6.45, 7) is 13.0. The first kappa shape index (κ1) is 21.5. The van der Waals surface area contributed by atoms with Gasteiger partial charge in [0, 0.05) is 44.8 Å². The van der Waals surface area contributed by atoms with Crippen molar-refractivity contribution in [2.45, 2.75) is 33.2 Å². The molecule has 2 rings (SSSR count). The lowest BCUT2D eigenvalue weighted by molar-refractivity contribution is 0.0978. The Hall–Kier alpha value is -1.79. The number of methoxy groups -OCH3 is 1. The Morgan fingerprint density at radius 3 is 2.48 bits per heavy atom. The van der Waals surface area contributed by atoms with Gasteiger partial charge in [-0.3, -0.25) is 4.90 Å². The second kappa shape index (κ2) is 11.1. The molecule has 1 aromatic rings. The second-order valence-electron chi connectivity index (χ2n) is 7.55. The standard InChI is InChI=1S/C21H36N4O2/c1-5-24-12-14-25(15-13-24)19(18-8-6-7-9-20(18)27-4)16-23-21(26)22-11-10-17(2)3/h6-9,17,19H,5,10-16H2,1-4H3,(H2,22,23,26). The fourth-order valence-electron chi connectivity index (χ4n) is 3.49. The first-order chi connectivity index (χ1) is 13.0. The van der Waals surface area contributed by atoms with E-state index in [1.807, 2.05) is 18.2 Å². The summed E-state index contributed by atoms with van der Waals surface area (Å²) in [5.41, 5.74) is 1.13. The lowest BCUT2D eigenvalue weighted by Crippen LogP contribution is -2.50. The molecule has 152 valence electrons. The average Bonchev–Trinajstić information content (AvgIpc) is 2.68. The molecular weight excluding hydrogens is 340 g/mol. The number of ether oxygens (including phenoxy) is 1. The lowest BCUT2D eigenvalue weighted by atomic mass is 10.0. The number of likely N-dealkylation sites (N-methyl/N-ethyl adjacent to an activating group) is 1. The molecule has 0 radical (unpaired) electrons. The van der Waals surface area contributed by atoms with Gasteiger partial charge in [0.2, 0.25) is 0 Å². The highest BCUT2D eigenvalue weighted by Crippen LogP contribution is 2.29. The van der Waals surface area contributed by atoms with E-state index in [0.29, 0.717) is 19.0 Å². The van der Waals surface area contributed by atoms with Crippen molar-refractivity contribution in [2.75, 3.05) is 52.9 Å². The smallest absolute Gasteiger partial charge is 0.314 e. The molecule has 6 heteroatoms. The van der Waals surface area contributed by atoms with Gasteiger partial charge in [0.25, 0.3) is 0 Å². The summed E-state index contributed by atoms with van der Waals surface area (Å²) in [7, 11) is 1.71. The van der Waals surface area contributed by atoms with Crippen LogP contribution in [0.3, 0.4) is 0 Å². The van der Waals surface area contributed by atoms with E-state index in [4.69, 9.17) is 4.74 Å². The van der Waals surface area contributed by atoms with Crippen LogP contribution in [0.15, 0.2) is 24.3 Å². The molecule has 0 aromatic heterocycles. The molecule has 1 heterocycles. The zero-order valence-corrected chi connectivity index (χ0v) is 17.3. The number of hydrogen-bond acceptors (Lipinski definition) is 4. The second-order valence-corrected chi connectivity index (χ2v) is 7.55. The fraction of sp³-hybridized carbons (Fsp3) is 0.667. The van der Waals surface area contributed by atoms with Crippen LogP contribution >= 0.6 is 0 Å². The van der Waals surface area contributed by atoms with Gasteiger partial charge < -0.3 is 20.3 Å². The van der Waals surface area contributed by atoms with E-state index in [1.165, 1.54) is 0 Å². The van der Waals surface area contributed by atoms with E-state index < -0.39 is 0 Å². The molecule has 1 aliphatic rings. The Morgan fingerprint density at radius 2 is 1.85 bits per heavy atom. The molecule has 27 heavy (non-hydrogen) atoms. The van der Waals surface area contributed by atoms with Crippen molar-refractivity contribution >= 4 is 6.03 Å². The number of para-hydroxylation sites is 1. The Bertz CT molecular complexity index is 571. The number of urea groups is 1. The van der Waals surface area contributed by atoms with Crippen molar-refractivity contribution in [3.8, 4) is 5.75 Å². The predicted molar refractivity (Wildman–Crippen MR) is 110 cm³/mol. The average molecular weight is 377 g/mol. The minimum absolute atomic E-state index is 0.0947. The molecule has 1 atom stereocenters. The molecule has 0 aliphatic carbocycles. The van der Waals surface area contributed by atoms with E-state index >= 15 is 0 Å². The van der Waals surface area contributed by atoms with Crippen molar-refractivity contribution < 1.29 is 9.53 Å². The molecule has 0 spiro atoms. The van der Waals surface area contributed by atoms with Crippen LogP contribution in [-0.4, -0.2) is 68.8 Å². The predicted octanol–water partition coefficient (Wildman–Crippen LogP) is 2.72. The van der Waals surface area contributed by atoms with Crippen molar-refractivity contribution in [1.82, 2.24) is 20.4 Å². The number of piperazine rings is 1. The van der Waals surface area contributed by atoms with E-state index in [0.717, 1.165) is 50.5 Å². The van der Waals surface area contributed by atoms with E-state index in [9.17, 15) is 4.79 Å². The summed E-state index contributed by atoms with van der Waals surface area (Å²) in [6.07, 6.45) is 0.988. The number of nitrogens with zero attached hydrogens (tertiary/aromatic N) is 2. The molecule has 1 saturated heterocycles. The third-order valence-corrected chi connectivity index (χ3v) is 5.26. The molecule has 6 nitrogen and oxygen atoms in total. The van der Waals surface area contributed by atoms with E-state index in [1.54, 1.807) is 7.11 Å². The third-order valence-electron chi connectivity index (χ3n) is 5.26. The quantitative estimate of drug-likeness (QED) is 0.696. The van der Waals surface area contributed by atoms with Crippen LogP contribution in [-0.2, 0) is 0 Å². The summed E-state index contributed by atoms with van der Waals surface area (Å²) in [5.74, 6) is 1.46. The van der Waals surface area contributed by atoms with Crippen molar-refractivity contribution in [3.63, 3.8) is 0 Å². The molecule has 0 saturated carbocycles. The molecule has 1 fully saturated rings. The van der Waals surface area contributed by atoms with Crippen LogP contribution in [0.25, 0.3) is 0 Å². The Labute approximate surface area is 164 Å². The third kappa shape index (κ3) is 6.70. The summed E-state index contributed by atoms with van der Waals surface area (Å²) >= 11 is 0. The van der Waals surface area contributed by atoms with Gasteiger partial charge in [-0.2, -0.15) is 0 Å².